The summed E-state index contributed by atoms with van der Waals surface area (Å²) < 4.78 is 10.5. The molecule has 2 aromatic carbocycles. The van der Waals surface area contributed by atoms with Gasteiger partial charge in [-0.25, -0.2) is 0 Å². The van der Waals surface area contributed by atoms with Crippen molar-refractivity contribution in [2.75, 3.05) is 19.5 Å². The first-order chi connectivity index (χ1) is 12.8. The monoisotopic (exact) mass is 390 g/mol. The standard InChI is InChI=1S/C20H23ClN2O4/c1-12-5-7-14(8-6-12)16(22-13(2)24)11-20(25)23-17-10-18(26-3)15(21)9-19(17)27-4/h5-10,16H,11H2,1-4H3,(H,22,24)(H,23,25). The number of ether oxygens (including phenoxy) is 2. The van der Waals surface area contributed by atoms with E-state index in [0.29, 0.717) is 22.2 Å². The fraction of sp³-hybridized carbons (Fsp3) is 0.300. The van der Waals surface area contributed by atoms with E-state index in [-0.39, 0.29) is 18.2 Å². The van der Waals surface area contributed by atoms with E-state index < -0.39 is 6.04 Å². The second kappa shape index (κ2) is 9.28. The molecule has 2 rings (SSSR count). The second-order valence-electron chi connectivity index (χ2n) is 6.10. The number of benzene rings is 2. The van der Waals surface area contributed by atoms with Crippen molar-refractivity contribution in [1.82, 2.24) is 5.32 Å². The van der Waals surface area contributed by atoms with Crippen LogP contribution in [-0.4, -0.2) is 26.0 Å². The van der Waals surface area contributed by atoms with Gasteiger partial charge in [0.1, 0.15) is 11.5 Å². The van der Waals surface area contributed by atoms with Crippen LogP contribution in [0.1, 0.15) is 30.5 Å². The number of halogens is 1. The number of carbonyl (C=O) groups excluding carboxylic acids is 2. The summed E-state index contributed by atoms with van der Waals surface area (Å²) >= 11 is 6.09. The summed E-state index contributed by atoms with van der Waals surface area (Å²) in [7, 11) is 2.98. The van der Waals surface area contributed by atoms with Gasteiger partial charge in [0.2, 0.25) is 11.8 Å². The summed E-state index contributed by atoms with van der Waals surface area (Å²) in [6.45, 7) is 3.40. The van der Waals surface area contributed by atoms with Crippen molar-refractivity contribution in [3.63, 3.8) is 0 Å². The Bertz CT molecular complexity index is 821. The Kier molecular flexibility index (Phi) is 7.07. The number of anilines is 1. The maximum absolute atomic E-state index is 12.6. The van der Waals surface area contributed by atoms with E-state index in [1.54, 1.807) is 12.1 Å². The molecule has 0 saturated heterocycles. The van der Waals surface area contributed by atoms with Crippen LogP contribution in [0.4, 0.5) is 5.69 Å². The Labute approximate surface area is 163 Å². The average molecular weight is 391 g/mol. The van der Waals surface area contributed by atoms with Crippen molar-refractivity contribution in [1.29, 1.82) is 0 Å². The van der Waals surface area contributed by atoms with E-state index in [1.165, 1.54) is 21.1 Å². The fourth-order valence-electron chi connectivity index (χ4n) is 2.64. The summed E-state index contributed by atoms with van der Waals surface area (Å²) in [6, 6.07) is 10.4. The van der Waals surface area contributed by atoms with Gasteiger partial charge in [0.25, 0.3) is 0 Å². The summed E-state index contributed by atoms with van der Waals surface area (Å²) in [5, 5.41) is 5.99. The molecule has 0 fully saturated rings. The molecule has 0 radical (unpaired) electrons. The smallest absolute Gasteiger partial charge is 0.226 e. The number of hydrogen-bond donors (Lipinski definition) is 2. The molecule has 7 heteroatoms. The van der Waals surface area contributed by atoms with Gasteiger partial charge in [0.15, 0.2) is 0 Å². The summed E-state index contributed by atoms with van der Waals surface area (Å²) in [5.41, 5.74) is 2.39. The van der Waals surface area contributed by atoms with Crippen molar-refractivity contribution in [3.8, 4) is 11.5 Å². The number of methoxy groups -OCH3 is 2. The molecule has 1 unspecified atom stereocenters. The predicted molar refractivity (Wildman–Crippen MR) is 106 cm³/mol. The Balaban J connectivity index is 2.20. The fourth-order valence-corrected chi connectivity index (χ4v) is 2.87. The summed E-state index contributed by atoms with van der Waals surface area (Å²) in [4.78, 5) is 24.2. The van der Waals surface area contributed by atoms with Crippen LogP contribution in [0, 0.1) is 6.92 Å². The molecule has 2 aromatic rings. The maximum atomic E-state index is 12.6. The lowest BCUT2D eigenvalue weighted by Crippen LogP contribution is -2.29. The number of carbonyl (C=O) groups is 2. The Morgan fingerprint density at radius 3 is 2.26 bits per heavy atom. The van der Waals surface area contributed by atoms with Crippen molar-refractivity contribution >= 4 is 29.1 Å². The van der Waals surface area contributed by atoms with Gasteiger partial charge in [0, 0.05) is 19.1 Å². The van der Waals surface area contributed by atoms with Gasteiger partial charge in [-0.15, -0.1) is 0 Å². The molecule has 2 amide bonds. The molecule has 0 aliphatic heterocycles. The molecule has 0 aromatic heterocycles. The SMILES string of the molecule is COc1cc(NC(=O)CC(NC(C)=O)c2ccc(C)cc2)c(OC)cc1Cl. The molecule has 0 aliphatic rings. The zero-order valence-electron chi connectivity index (χ0n) is 15.8. The molecule has 0 spiro atoms. The van der Waals surface area contributed by atoms with Crippen LogP contribution in [0.5, 0.6) is 11.5 Å². The van der Waals surface area contributed by atoms with E-state index in [2.05, 4.69) is 10.6 Å². The van der Waals surface area contributed by atoms with Crippen molar-refractivity contribution in [2.24, 2.45) is 0 Å². The average Bonchev–Trinajstić information content (AvgIpc) is 2.62. The molecule has 1 atom stereocenters. The normalized spacial score (nSPS) is 11.4. The van der Waals surface area contributed by atoms with E-state index in [0.717, 1.165) is 11.1 Å². The zero-order chi connectivity index (χ0) is 20.0. The highest BCUT2D eigenvalue weighted by Gasteiger charge is 2.19. The topological polar surface area (TPSA) is 76.7 Å². The quantitative estimate of drug-likeness (QED) is 0.752. The number of nitrogens with one attached hydrogen (secondary N) is 2. The largest absolute Gasteiger partial charge is 0.495 e. The number of aryl methyl sites for hydroxylation is 1. The van der Waals surface area contributed by atoms with Crippen LogP contribution in [0.3, 0.4) is 0 Å². The van der Waals surface area contributed by atoms with Crippen LogP contribution in [0.2, 0.25) is 5.02 Å². The molecule has 0 heterocycles. The molecule has 27 heavy (non-hydrogen) atoms. The lowest BCUT2D eigenvalue weighted by molar-refractivity contribution is -0.120. The molecule has 0 saturated carbocycles. The molecular formula is C20H23ClN2O4. The molecule has 0 bridgehead atoms. The third-order valence-electron chi connectivity index (χ3n) is 3.99. The van der Waals surface area contributed by atoms with E-state index in [1.807, 2.05) is 31.2 Å². The molecular weight excluding hydrogens is 368 g/mol. The third-order valence-corrected chi connectivity index (χ3v) is 4.29. The third kappa shape index (κ3) is 5.62. The van der Waals surface area contributed by atoms with E-state index in [4.69, 9.17) is 21.1 Å². The van der Waals surface area contributed by atoms with Gasteiger partial charge >= 0.3 is 0 Å². The van der Waals surface area contributed by atoms with Gasteiger partial charge in [-0.3, -0.25) is 9.59 Å². The van der Waals surface area contributed by atoms with Crippen molar-refractivity contribution in [3.05, 3.63) is 52.5 Å². The molecule has 6 nitrogen and oxygen atoms in total. The predicted octanol–water partition coefficient (Wildman–Crippen LogP) is 3.87. The highest BCUT2D eigenvalue weighted by molar-refractivity contribution is 6.32. The van der Waals surface area contributed by atoms with Crippen molar-refractivity contribution in [2.45, 2.75) is 26.3 Å². The number of hydrogen-bond acceptors (Lipinski definition) is 4. The molecule has 144 valence electrons. The number of rotatable bonds is 7. The van der Waals surface area contributed by atoms with Crippen LogP contribution in [0.25, 0.3) is 0 Å². The first kappa shape index (κ1) is 20.6. The minimum absolute atomic E-state index is 0.0662. The van der Waals surface area contributed by atoms with Gasteiger partial charge in [-0.2, -0.15) is 0 Å². The molecule has 2 N–H and O–H groups in total. The van der Waals surface area contributed by atoms with Crippen molar-refractivity contribution < 1.29 is 19.1 Å². The highest BCUT2D eigenvalue weighted by atomic mass is 35.5. The van der Waals surface area contributed by atoms with Gasteiger partial charge < -0.3 is 20.1 Å². The zero-order valence-corrected chi connectivity index (χ0v) is 16.5. The van der Waals surface area contributed by atoms with Gasteiger partial charge in [-0.05, 0) is 12.5 Å². The first-order valence-corrected chi connectivity index (χ1v) is 8.77. The minimum atomic E-state index is -0.441. The lowest BCUT2D eigenvalue weighted by Gasteiger charge is -2.19. The van der Waals surface area contributed by atoms with Crippen LogP contribution < -0.4 is 20.1 Å². The second-order valence-corrected chi connectivity index (χ2v) is 6.51. The Morgan fingerprint density at radius 2 is 1.70 bits per heavy atom. The highest BCUT2D eigenvalue weighted by Crippen LogP contribution is 2.36. The Morgan fingerprint density at radius 1 is 1.07 bits per heavy atom. The summed E-state index contributed by atoms with van der Waals surface area (Å²) in [5.74, 6) is 0.349. The Hall–Kier alpha value is -2.73. The molecule has 0 aliphatic carbocycles. The lowest BCUT2D eigenvalue weighted by atomic mass is 10.0. The van der Waals surface area contributed by atoms with Gasteiger partial charge in [0.05, 0.1) is 37.4 Å². The van der Waals surface area contributed by atoms with E-state index in [9.17, 15) is 9.59 Å². The maximum Gasteiger partial charge on any atom is 0.226 e. The first-order valence-electron chi connectivity index (χ1n) is 8.39. The van der Waals surface area contributed by atoms with E-state index >= 15 is 0 Å². The van der Waals surface area contributed by atoms with Crippen LogP contribution >= 0.6 is 11.6 Å². The number of amides is 2. The van der Waals surface area contributed by atoms with Crippen LogP contribution in [-0.2, 0) is 9.59 Å². The minimum Gasteiger partial charge on any atom is -0.495 e. The van der Waals surface area contributed by atoms with Gasteiger partial charge in [-0.1, -0.05) is 41.4 Å². The van der Waals surface area contributed by atoms with Crippen LogP contribution in [0.15, 0.2) is 36.4 Å². The summed E-state index contributed by atoms with van der Waals surface area (Å²) in [6.07, 6.45) is 0.0662.